The summed E-state index contributed by atoms with van der Waals surface area (Å²) in [4.78, 5) is 2.30. The second-order valence-electron chi connectivity index (χ2n) is 5.23. The first-order chi connectivity index (χ1) is 5.90. The predicted octanol–water partition coefficient (Wildman–Crippen LogP) is 2.28. The third-order valence-electron chi connectivity index (χ3n) is 2.59. The predicted molar refractivity (Wildman–Crippen MR) is 56.0 cm³/mol. The number of nitrogens with zero attached hydrogens (tertiary/aromatic N) is 1. The fourth-order valence-corrected chi connectivity index (χ4v) is 2.09. The van der Waals surface area contributed by atoms with E-state index in [0.29, 0.717) is 12.1 Å². The number of rotatable bonds is 2. The van der Waals surface area contributed by atoms with E-state index in [-0.39, 0.29) is 5.60 Å². The molecule has 0 spiro atoms. The topological polar surface area (TPSA) is 12.5 Å². The standard InChI is InChI=1S/C11H23NO/c1-11(2,3)13-10-8-6-7-9(10)12(4)5/h9-10H,6-8H2,1-5H3. The maximum absolute atomic E-state index is 6.03. The fraction of sp³-hybridized carbons (Fsp3) is 1.00. The Balaban J connectivity index is 2.49. The van der Waals surface area contributed by atoms with E-state index >= 15 is 0 Å². The van der Waals surface area contributed by atoms with Crippen LogP contribution in [0, 0.1) is 0 Å². The van der Waals surface area contributed by atoms with Crippen LogP contribution in [0.1, 0.15) is 40.0 Å². The lowest BCUT2D eigenvalue weighted by molar-refractivity contribution is -0.0791. The molecule has 0 radical (unpaired) electrons. The van der Waals surface area contributed by atoms with Crippen LogP contribution in [-0.2, 0) is 4.74 Å². The first-order valence-corrected chi connectivity index (χ1v) is 5.24. The molecule has 0 N–H and O–H groups in total. The zero-order valence-electron chi connectivity index (χ0n) is 9.63. The molecule has 1 fully saturated rings. The maximum Gasteiger partial charge on any atom is 0.0737 e. The SMILES string of the molecule is CN(C)C1CCCC1OC(C)(C)C. The molecule has 2 nitrogen and oxygen atoms in total. The van der Waals surface area contributed by atoms with Crippen molar-refractivity contribution in [3.63, 3.8) is 0 Å². The highest BCUT2D eigenvalue weighted by molar-refractivity contribution is 4.85. The van der Waals surface area contributed by atoms with Crippen molar-refractivity contribution in [3.05, 3.63) is 0 Å². The van der Waals surface area contributed by atoms with Gasteiger partial charge in [0.1, 0.15) is 0 Å². The van der Waals surface area contributed by atoms with Gasteiger partial charge in [0.25, 0.3) is 0 Å². The van der Waals surface area contributed by atoms with Crippen molar-refractivity contribution in [2.24, 2.45) is 0 Å². The quantitative estimate of drug-likeness (QED) is 0.654. The minimum absolute atomic E-state index is 0.00324. The second kappa shape index (κ2) is 3.97. The maximum atomic E-state index is 6.03. The summed E-state index contributed by atoms with van der Waals surface area (Å²) in [5.74, 6) is 0. The van der Waals surface area contributed by atoms with Gasteiger partial charge in [-0.2, -0.15) is 0 Å². The molecule has 0 aromatic rings. The molecule has 1 aliphatic rings. The Hall–Kier alpha value is -0.0800. The van der Waals surface area contributed by atoms with Crippen LogP contribution in [0.15, 0.2) is 0 Å². The zero-order valence-corrected chi connectivity index (χ0v) is 9.63. The molecule has 0 heterocycles. The van der Waals surface area contributed by atoms with Crippen molar-refractivity contribution in [1.82, 2.24) is 4.90 Å². The van der Waals surface area contributed by atoms with Crippen molar-refractivity contribution < 1.29 is 4.74 Å². The van der Waals surface area contributed by atoms with Crippen molar-refractivity contribution >= 4 is 0 Å². The first kappa shape index (κ1) is 11.0. The number of likely N-dealkylation sites (N-methyl/N-ethyl adjacent to an activating group) is 1. The molecule has 2 heteroatoms. The van der Waals surface area contributed by atoms with Gasteiger partial charge in [0.05, 0.1) is 11.7 Å². The third-order valence-corrected chi connectivity index (χ3v) is 2.59. The van der Waals surface area contributed by atoms with Gasteiger partial charge in [0.15, 0.2) is 0 Å². The van der Waals surface area contributed by atoms with Gasteiger partial charge in [-0.15, -0.1) is 0 Å². The Morgan fingerprint density at radius 3 is 2.23 bits per heavy atom. The Morgan fingerprint density at radius 2 is 1.77 bits per heavy atom. The minimum atomic E-state index is 0.00324. The third kappa shape index (κ3) is 3.28. The van der Waals surface area contributed by atoms with Crippen LogP contribution < -0.4 is 0 Å². The highest BCUT2D eigenvalue weighted by Gasteiger charge is 2.32. The van der Waals surface area contributed by atoms with E-state index in [1.165, 1.54) is 19.3 Å². The van der Waals surface area contributed by atoms with Crippen molar-refractivity contribution in [3.8, 4) is 0 Å². The van der Waals surface area contributed by atoms with Gasteiger partial charge >= 0.3 is 0 Å². The molecule has 1 saturated carbocycles. The lowest BCUT2D eigenvalue weighted by Gasteiger charge is -2.32. The van der Waals surface area contributed by atoms with Gasteiger partial charge in [-0.05, 0) is 54.1 Å². The summed E-state index contributed by atoms with van der Waals surface area (Å²) in [6, 6.07) is 0.624. The van der Waals surface area contributed by atoms with Crippen molar-refractivity contribution in [2.75, 3.05) is 14.1 Å². The molecule has 2 unspecified atom stereocenters. The Kier molecular flexibility index (Phi) is 3.36. The average Bonchev–Trinajstić information content (AvgIpc) is 2.31. The van der Waals surface area contributed by atoms with Crippen LogP contribution in [0.2, 0.25) is 0 Å². The molecule has 0 saturated heterocycles. The molecular formula is C11H23NO. The first-order valence-electron chi connectivity index (χ1n) is 5.24. The summed E-state index contributed by atoms with van der Waals surface area (Å²) in [6.45, 7) is 6.41. The number of ether oxygens (including phenoxy) is 1. The van der Waals surface area contributed by atoms with Gasteiger partial charge in [0, 0.05) is 6.04 Å². The van der Waals surface area contributed by atoms with E-state index < -0.39 is 0 Å². The van der Waals surface area contributed by atoms with Crippen molar-refractivity contribution in [1.29, 1.82) is 0 Å². The van der Waals surface area contributed by atoms with Crippen LogP contribution in [0.4, 0.5) is 0 Å². The molecule has 13 heavy (non-hydrogen) atoms. The monoisotopic (exact) mass is 185 g/mol. The molecule has 0 amide bonds. The van der Waals surface area contributed by atoms with E-state index in [4.69, 9.17) is 4.74 Å². The van der Waals surface area contributed by atoms with Gasteiger partial charge in [0.2, 0.25) is 0 Å². The average molecular weight is 185 g/mol. The molecular weight excluding hydrogens is 162 g/mol. The summed E-state index contributed by atoms with van der Waals surface area (Å²) in [5.41, 5.74) is 0.00324. The Labute approximate surface area is 82.3 Å². The van der Waals surface area contributed by atoms with E-state index in [2.05, 4.69) is 39.8 Å². The van der Waals surface area contributed by atoms with Crippen LogP contribution in [0.3, 0.4) is 0 Å². The largest absolute Gasteiger partial charge is 0.371 e. The number of hydrogen-bond donors (Lipinski definition) is 0. The zero-order chi connectivity index (χ0) is 10.1. The summed E-state index contributed by atoms with van der Waals surface area (Å²) in [7, 11) is 4.30. The van der Waals surface area contributed by atoms with Crippen LogP contribution in [0.25, 0.3) is 0 Å². The summed E-state index contributed by atoms with van der Waals surface area (Å²) in [6.07, 6.45) is 4.26. The van der Waals surface area contributed by atoms with Crippen LogP contribution in [-0.4, -0.2) is 36.7 Å². The van der Waals surface area contributed by atoms with Crippen LogP contribution >= 0.6 is 0 Å². The molecule has 0 bridgehead atoms. The van der Waals surface area contributed by atoms with E-state index in [9.17, 15) is 0 Å². The van der Waals surface area contributed by atoms with Crippen LogP contribution in [0.5, 0.6) is 0 Å². The molecule has 1 rings (SSSR count). The molecule has 0 aromatic carbocycles. The highest BCUT2D eigenvalue weighted by atomic mass is 16.5. The normalized spacial score (nSPS) is 30.0. The smallest absolute Gasteiger partial charge is 0.0737 e. The van der Waals surface area contributed by atoms with Gasteiger partial charge in [-0.25, -0.2) is 0 Å². The molecule has 0 aliphatic heterocycles. The minimum Gasteiger partial charge on any atom is -0.371 e. The second-order valence-corrected chi connectivity index (χ2v) is 5.23. The highest BCUT2D eigenvalue weighted by Crippen LogP contribution is 2.28. The lowest BCUT2D eigenvalue weighted by Crippen LogP contribution is -2.40. The van der Waals surface area contributed by atoms with Crippen molar-refractivity contribution in [2.45, 2.75) is 57.8 Å². The molecule has 2 atom stereocenters. The van der Waals surface area contributed by atoms with E-state index in [1.54, 1.807) is 0 Å². The van der Waals surface area contributed by atoms with Gasteiger partial charge in [-0.3, -0.25) is 0 Å². The van der Waals surface area contributed by atoms with E-state index in [0.717, 1.165) is 0 Å². The molecule has 1 aliphatic carbocycles. The van der Waals surface area contributed by atoms with Gasteiger partial charge in [-0.1, -0.05) is 0 Å². The summed E-state index contributed by atoms with van der Waals surface area (Å²) < 4.78 is 6.03. The lowest BCUT2D eigenvalue weighted by atomic mass is 10.1. The Morgan fingerprint density at radius 1 is 1.15 bits per heavy atom. The Bertz CT molecular complexity index is 160. The fourth-order valence-electron chi connectivity index (χ4n) is 2.09. The number of hydrogen-bond acceptors (Lipinski definition) is 2. The summed E-state index contributed by atoms with van der Waals surface area (Å²) >= 11 is 0. The van der Waals surface area contributed by atoms with E-state index in [1.807, 2.05) is 0 Å². The molecule has 78 valence electrons. The van der Waals surface area contributed by atoms with Gasteiger partial charge < -0.3 is 9.64 Å². The summed E-state index contributed by atoms with van der Waals surface area (Å²) in [5, 5.41) is 0. The molecule has 0 aromatic heterocycles.